The Bertz CT molecular complexity index is 466. The Balaban J connectivity index is 2.06. The molecule has 1 aliphatic rings. The lowest BCUT2D eigenvalue weighted by molar-refractivity contribution is -0.179. The van der Waals surface area contributed by atoms with Crippen molar-refractivity contribution < 1.29 is 13.2 Å². The van der Waals surface area contributed by atoms with E-state index < -0.39 is 12.1 Å². The van der Waals surface area contributed by atoms with Gasteiger partial charge in [0.25, 0.3) is 0 Å². The second-order valence-corrected chi connectivity index (χ2v) is 5.70. The van der Waals surface area contributed by atoms with Crippen LogP contribution in [0.25, 0.3) is 0 Å². The summed E-state index contributed by atoms with van der Waals surface area (Å²) >= 11 is 6.16. The molecule has 1 aliphatic heterocycles. The lowest BCUT2D eigenvalue weighted by Gasteiger charge is -2.34. The maximum atomic E-state index is 12.6. The summed E-state index contributed by atoms with van der Waals surface area (Å²) in [6.45, 7) is 2.64. The van der Waals surface area contributed by atoms with Crippen molar-refractivity contribution in [2.45, 2.75) is 32.0 Å². The highest BCUT2D eigenvalue weighted by Gasteiger charge is 2.41. The molecular formula is C14H18ClF3N2. The predicted molar refractivity (Wildman–Crippen MR) is 75.0 cm³/mol. The third-order valence-corrected chi connectivity index (χ3v) is 4.12. The molecule has 1 saturated heterocycles. The number of rotatable bonds is 2. The van der Waals surface area contributed by atoms with Gasteiger partial charge in [-0.3, -0.25) is 0 Å². The highest BCUT2D eigenvalue weighted by atomic mass is 35.5. The van der Waals surface area contributed by atoms with Crippen LogP contribution in [0, 0.1) is 5.92 Å². The Kier molecular flexibility index (Phi) is 4.49. The third kappa shape index (κ3) is 3.38. The van der Waals surface area contributed by atoms with Crippen molar-refractivity contribution in [1.82, 2.24) is 0 Å². The number of alkyl halides is 3. The fraction of sp³-hybridized carbons (Fsp3) is 0.571. The Morgan fingerprint density at radius 3 is 2.35 bits per heavy atom. The summed E-state index contributed by atoms with van der Waals surface area (Å²) < 4.78 is 37.9. The van der Waals surface area contributed by atoms with E-state index in [-0.39, 0.29) is 18.9 Å². The molecule has 2 N–H and O–H groups in total. The molecule has 1 aromatic carbocycles. The van der Waals surface area contributed by atoms with Crippen molar-refractivity contribution in [2.24, 2.45) is 11.7 Å². The molecule has 1 heterocycles. The number of piperidine rings is 1. The number of benzene rings is 1. The van der Waals surface area contributed by atoms with Crippen LogP contribution < -0.4 is 10.6 Å². The summed E-state index contributed by atoms with van der Waals surface area (Å²) in [6, 6.07) is 5.35. The van der Waals surface area contributed by atoms with Crippen molar-refractivity contribution in [1.29, 1.82) is 0 Å². The minimum atomic E-state index is -4.08. The quantitative estimate of drug-likeness (QED) is 0.890. The zero-order valence-corrected chi connectivity index (χ0v) is 12.0. The van der Waals surface area contributed by atoms with Crippen molar-refractivity contribution in [3.05, 3.63) is 28.8 Å². The molecule has 0 saturated carbocycles. The first-order valence-electron chi connectivity index (χ1n) is 6.65. The normalized spacial score (nSPS) is 19.2. The van der Waals surface area contributed by atoms with E-state index >= 15 is 0 Å². The van der Waals surface area contributed by atoms with Gasteiger partial charge in [-0.15, -0.1) is 0 Å². The Morgan fingerprint density at radius 1 is 1.30 bits per heavy atom. The van der Waals surface area contributed by atoms with Gasteiger partial charge in [0.15, 0.2) is 0 Å². The average molecular weight is 307 g/mol. The van der Waals surface area contributed by atoms with Gasteiger partial charge in [0.1, 0.15) is 0 Å². The van der Waals surface area contributed by atoms with Gasteiger partial charge in [0.2, 0.25) is 0 Å². The topological polar surface area (TPSA) is 29.3 Å². The molecule has 1 atom stereocenters. The van der Waals surface area contributed by atoms with Crippen molar-refractivity contribution in [3.8, 4) is 0 Å². The van der Waals surface area contributed by atoms with Crippen LogP contribution in [-0.2, 0) is 0 Å². The zero-order chi connectivity index (χ0) is 14.9. The molecule has 20 heavy (non-hydrogen) atoms. The molecule has 0 amide bonds. The second kappa shape index (κ2) is 5.82. The Labute approximate surface area is 121 Å². The van der Waals surface area contributed by atoms with Gasteiger partial charge in [0.05, 0.1) is 5.92 Å². The van der Waals surface area contributed by atoms with Gasteiger partial charge in [-0.1, -0.05) is 17.7 Å². The van der Waals surface area contributed by atoms with Crippen LogP contribution in [0.3, 0.4) is 0 Å². The van der Waals surface area contributed by atoms with Gasteiger partial charge < -0.3 is 10.6 Å². The smallest absolute Gasteiger partial charge is 0.371 e. The Morgan fingerprint density at radius 2 is 1.90 bits per heavy atom. The van der Waals surface area contributed by atoms with E-state index in [2.05, 4.69) is 0 Å². The molecule has 0 spiro atoms. The summed E-state index contributed by atoms with van der Waals surface area (Å²) in [5, 5.41) is 0.565. The summed E-state index contributed by atoms with van der Waals surface area (Å²) in [7, 11) is 0. The molecule has 0 aliphatic carbocycles. The van der Waals surface area contributed by atoms with Gasteiger partial charge in [0, 0.05) is 29.8 Å². The van der Waals surface area contributed by atoms with Crippen LogP contribution >= 0.6 is 11.6 Å². The van der Waals surface area contributed by atoms with Crippen LogP contribution in [0.15, 0.2) is 18.2 Å². The monoisotopic (exact) mass is 306 g/mol. The molecule has 6 heteroatoms. The number of anilines is 1. The van der Waals surface area contributed by atoms with Gasteiger partial charge in [-0.2, -0.15) is 13.2 Å². The predicted octanol–water partition coefficient (Wildman–Crippen LogP) is 4.14. The van der Waals surface area contributed by atoms with Gasteiger partial charge in [-0.25, -0.2) is 0 Å². The van der Waals surface area contributed by atoms with Crippen LogP contribution in [0.1, 0.15) is 31.4 Å². The molecule has 0 aromatic heterocycles. The maximum absolute atomic E-state index is 12.6. The number of nitrogens with two attached hydrogens (primary N) is 1. The number of halogens is 4. The van der Waals surface area contributed by atoms with Gasteiger partial charge in [-0.05, 0) is 37.5 Å². The summed E-state index contributed by atoms with van der Waals surface area (Å²) in [6.07, 6.45) is -3.81. The van der Waals surface area contributed by atoms with Crippen LogP contribution in [0.5, 0.6) is 0 Å². The van der Waals surface area contributed by atoms with E-state index in [0.717, 1.165) is 11.3 Å². The van der Waals surface area contributed by atoms with Crippen molar-refractivity contribution in [3.63, 3.8) is 0 Å². The molecule has 0 bridgehead atoms. The van der Waals surface area contributed by atoms with Crippen molar-refractivity contribution in [2.75, 3.05) is 18.0 Å². The van der Waals surface area contributed by atoms with E-state index in [0.29, 0.717) is 18.1 Å². The van der Waals surface area contributed by atoms with E-state index in [9.17, 15) is 13.2 Å². The third-order valence-electron chi connectivity index (χ3n) is 3.80. The first-order chi connectivity index (χ1) is 9.29. The molecule has 0 radical (unpaired) electrons. The summed E-state index contributed by atoms with van der Waals surface area (Å²) in [5.41, 5.74) is 7.49. The van der Waals surface area contributed by atoms with Crippen LogP contribution in [0.2, 0.25) is 5.02 Å². The molecule has 2 rings (SSSR count). The first kappa shape index (κ1) is 15.4. The standard InChI is InChI=1S/C14H18ClF3N2/c1-9(19)12-3-2-11(8-13(12)15)20-6-4-10(5-7-20)14(16,17)18/h2-3,8-10H,4-7,19H2,1H3. The average Bonchev–Trinajstić information content (AvgIpc) is 2.37. The highest BCUT2D eigenvalue weighted by molar-refractivity contribution is 6.31. The fourth-order valence-electron chi connectivity index (χ4n) is 2.55. The second-order valence-electron chi connectivity index (χ2n) is 5.30. The molecule has 1 aromatic rings. The minimum Gasteiger partial charge on any atom is -0.371 e. The fourth-order valence-corrected chi connectivity index (χ4v) is 2.89. The van der Waals surface area contributed by atoms with E-state index in [1.165, 1.54) is 0 Å². The molecule has 112 valence electrons. The Hall–Kier alpha value is -0.940. The lowest BCUT2D eigenvalue weighted by Crippen LogP contribution is -2.39. The number of hydrogen-bond acceptors (Lipinski definition) is 2. The van der Waals surface area contributed by atoms with E-state index in [1.807, 2.05) is 24.0 Å². The SMILES string of the molecule is CC(N)c1ccc(N2CCC(C(F)(F)F)CC2)cc1Cl. The molecule has 1 fully saturated rings. The van der Waals surface area contributed by atoms with Gasteiger partial charge >= 0.3 is 6.18 Å². The number of hydrogen-bond donors (Lipinski definition) is 1. The van der Waals surface area contributed by atoms with Crippen LogP contribution in [0.4, 0.5) is 18.9 Å². The molecular weight excluding hydrogens is 289 g/mol. The highest BCUT2D eigenvalue weighted by Crippen LogP contribution is 2.36. The molecule has 2 nitrogen and oxygen atoms in total. The van der Waals surface area contributed by atoms with E-state index in [1.54, 1.807) is 6.07 Å². The zero-order valence-electron chi connectivity index (χ0n) is 11.3. The number of nitrogens with zero attached hydrogens (tertiary/aromatic N) is 1. The lowest BCUT2D eigenvalue weighted by atomic mass is 9.96. The van der Waals surface area contributed by atoms with Crippen LogP contribution in [-0.4, -0.2) is 19.3 Å². The maximum Gasteiger partial charge on any atom is 0.391 e. The van der Waals surface area contributed by atoms with E-state index in [4.69, 9.17) is 17.3 Å². The first-order valence-corrected chi connectivity index (χ1v) is 7.03. The summed E-state index contributed by atoms with van der Waals surface area (Å²) in [5.74, 6) is -1.18. The largest absolute Gasteiger partial charge is 0.391 e. The summed E-state index contributed by atoms with van der Waals surface area (Å²) in [4.78, 5) is 1.94. The molecule has 1 unspecified atom stereocenters. The minimum absolute atomic E-state index is 0.135. The van der Waals surface area contributed by atoms with Crippen molar-refractivity contribution >= 4 is 17.3 Å².